The molecule has 0 amide bonds. The molecule has 1 aromatic rings. The first-order chi connectivity index (χ1) is 6.72. The smallest absolute Gasteiger partial charge is 0.0186 e. The molecular weight excluding hydrogens is 258 g/mol. The van der Waals surface area contributed by atoms with Crippen LogP contribution in [0.3, 0.4) is 0 Å². The summed E-state index contributed by atoms with van der Waals surface area (Å²) in [7, 11) is 2.00. The number of benzene rings is 1. The van der Waals surface area contributed by atoms with Crippen molar-refractivity contribution < 1.29 is 0 Å². The lowest BCUT2D eigenvalue weighted by atomic mass is 10.2. The Hall–Kier alpha value is 0.01000. The maximum absolute atomic E-state index is 3.47. The molecule has 0 spiro atoms. The van der Waals surface area contributed by atoms with Crippen LogP contribution >= 0.6 is 27.7 Å². The standard InChI is InChI=1S/C11H16BrNS/c1-9(7-13-2)8-14-11-5-3-4-10(12)6-11/h3-6,9,13H,7-8H2,1-2H3. The Labute approximate surface area is 98.8 Å². The molecular formula is C11H16BrNS. The molecule has 0 fully saturated rings. The van der Waals surface area contributed by atoms with Gasteiger partial charge in [0, 0.05) is 15.1 Å². The molecule has 0 aliphatic heterocycles. The Morgan fingerprint density at radius 2 is 2.29 bits per heavy atom. The maximum Gasteiger partial charge on any atom is 0.0186 e. The highest BCUT2D eigenvalue weighted by Crippen LogP contribution is 2.23. The lowest BCUT2D eigenvalue weighted by molar-refractivity contribution is 0.603. The van der Waals surface area contributed by atoms with E-state index in [1.165, 1.54) is 4.90 Å². The number of halogens is 1. The van der Waals surface area contributed by atoms with Crippen molar-refractivity contribution >= 4 is 27.7 Å². The van der Waals surface area contributed by atoms with Gasteiger partial charge in [0.2, 0.25) is 0 Å². The van der Waals surface area contributed by atoms with Crippen molar-refractivity contribution in [3.8, 4) is 0 Å². The van der Waals surface area contributed by atoms with Gasteiger partial charge in [-0.15, -0.1) is 11.8 Å². The van der Waals surface area contributed by atoms with Crippen LogP contribution in [-0.4, -0.2) is 19.3 Å². The summed E-state index contributed by atoms with van der Waals surface area (Å²) in [6.45, 7) is 3.35. The minimum absolute atomic E-state index is 0.712. The summed E-state index contributed by atoms with van der Waals surface area (Å²) >= 11 is 5.39. The van der Waals surface area contributed by atoms with Crippen molar-refractivity contribution in [1.29, 1.82) is 0 Å². The van der Waals surface area contributed by atoms with Gasteiger partial charge in [-0.3, -0.25) is 0 Å². The highest BCUT2D eigenvalue weighted by molar-refractivity contribution is 9.10. The Morgan fingerprint density at radius 1 is 1.50 bits per heavy atom. The van der Waals surface area contributed by atoms with Crippen LogP contribution < -0.4 is 5.32 Å². The van der Waals surface area contributed by atoms with E-state index in [-0.39, 0.29) is 0 Å². The second-order valence-corrected chi connectivity index (χ2v) is 5.44. The SMILES string of the molecule is CNCC(C)CSc1cccc(Br)c1. The number of rotatable bonds is 5. The molecule has 1 aromatic carbocycles. The highest BCUT2D eigenvalue weighted by Gasteiger charge is 2.01. The largest absolute Gasteiger partial charge is 0.319 e. The predicted molar refractivity (Wildman–Crippen MR) is 68.0 cm³/mol. The molecule has 1 unspecified atom stereocenters. The van der Waals surface area contributed by atoms with Gasteiger partial charge in [0.25, 0.3) is 0 Å². The molecule has 0 radical (unpaired) electrons. The second-order valence-electron chi connectivity index (χ2n) is 3.43. The van der Waals surface area contributed by atoms with E-state index in [4.69, 9.17) is 0 Å². The van der Waals surface area contributed by atoms with Crippen molar-refractivity contribution in [3.05, 3.63) is 28.7 Å². The zero-order chi connectivity index (χ0) is 10.4. The van der Waals surface area contributed by atoms with E-state index < -0.39 is 0 Å². The third-order valence-electron chi connectivity index (χ3n) is 1.88. The van der Waals surface area contributed by atoms with Gasteiger partial charge < -0.3 is 5.32 Å². The summed E-state index contributed by atoms with van der Waals surface area (Å²) < 4.78 is 1.16. The van der Waals surface area contributed by atoms with Crippen LogP contribution in [0, 0.1) is 5.92 Å². The topological polar surface area (TPSA) is 12.0 Å². The maximum atomic E-state index is 3.47. The zero-order valence-electron chi connectivity index (χ0n) is 8.59. The normalized spacial score (nSPS) is 12.8. The van der Waals surface area contributed by atoms with Crippen molar-refractivity contribution in [3.63, 3.8) is 0 Å². The van der Waals surface area contributed by atoms with Gasteiger partial charge in [-0.2, -0.15) is 0 Å². The average Bonchev–Trinajstić information content (AvgIpc) is 2.15. The molecule has 0 aliphatic rings. The molecule has 1 nitrogen and oxygen atoms in total. The highest BCUT2D eigenvalue weighted by atomic mass is 79.9. The van der Waals surface area contributed by atoms with E-state index in [2.05, 4.69) is 52.4 Å². The molecule has 1 rings (SSSR count). The van der Waals surface area contributed by atoms with Crippen molar-refractivity contribution in [2.75, 3.05) is 19.3 Å². The van der Waals surface area contributed by atoms with Gasteiger partial charge in [-0.05, 0) is 37.7 Å². The minimum atomic E-state index is 0.712. The average molecular weight is 274 g/mol. The van der Waals surface area contributed by atoms with Crippen LogP contribution in [-0.2, 0) is 0 Å². The Bertz CT molecular complexity index is 278. The summed E-state index contributed by atoms with van der Waals surface area (Å²) in [5.74, 6) is 1.88. The first-order valence-corrected chi connectivity index (χ1v) is 6.53. The molecule has 0 aliphatic carbocycles. The molecule has 0 aromatic heterocycles. The first kappa shape index (κ1) is 12.1. The zero-order valence-corrected chi connectivity index (χ0v) is 11.0. The predicted octanol–water partition coefficient (Wildman–Crippen LogP) is 3.40. The summed E-state index contributed by atoms with van der Waals surface area (Å²) in [6.07, 6.45) is 0. The van der Waals surface area contributed by atoms with Crippen LogP contribution in [0.2, 0.25) is 0 Å². The number of nitrogens with one attached hydrogen (secondary N) is 1. The van der Waals surface area contributed by atoms with Gasteiger partial charge in [0.1, 0.15) is 0 Å². The van der Waals surface area contributed by atoms with Crippen LogP contribution in [0.15, 0.2) is 33.6 Å². The number of hydrogen-bond donors (Lipinski definition) is 1. The van der Waals surface area contributed by atoms with Gasteiger partial charge in [0.15, 0.2) is 0 Å². The molecule has 1 N–H and O–H groups in total. The Morgan fingerprint density at radius 3 is 2.93 bits per heavy atom. The fourth-order valence-electron chi connectivity index (χ4n) is 1.20. The van der Waals surface area contributed by atoms with Crippen LogP contribution in [0.4, 0.5) is 0 Å². The van der Waals surface area contributed by atoms with Gasteiger partial charge in [-0.1, -0.05) is 28.9 Å². The van der Waals surface area contributed by atoms with E-state index in [0.29, 0.717) is 5.92 Å². The molecule has 0 bridgehead atoms. The van der Waals surface area contributed by atoms with Gasteiger partial charge in [0.05, 0.1) is 0 Å². The second kappa shape index (κ2) is 6.49. The molecule has 78 valence electrons. The Kier molecular flexibility index (Phi) is 5.60. The molecule has 14 heavy (non-hydrogen) atoms. The third kappa shape index (κ3) is 4.49. The molecule has 1 atom stereocenters. The van der Waals surface area contributed by atoms with Crippen LogP contribution in [0.25, 0.3) is 0 Å². The summed E-state index contributed by atoms with van der Waals surface area (Å²) in [6, 6.07) is 8.45. The number of thioether (sulfide) groups is 1. The van der Waals surface area contributed by atoms with E-state index >= 15 is 0 Å². The van der Waals surface area contributed by atoms with E-state index in [1.54, 1.807) is 0 Å². The van der Waals surface area contributed by atoms with Crippen LogP contribution in [0.5, 0.6) is 0 Å². The van der Waals surface area contributed by atoms with Gasteiger partial charge in [-0.25, -0.2) is 0 Å². The molecule has 0 saturated heterocycles. The summed E-state index contributed by atoms with van der Waals surface area (Å²) in [5.41, 5.74) is 0. The van der Waals surface area contributed by atoms with E-state index in [9.17, 15) is 0 Å². The van der Waals surface area contributed by atoms with E-state index in [0.717, 1.165) is 16.8 Å². The quantitative estimate of drug-likeness (QED) is 0.826. The lowest BCUT2D eigenvalue weighted by Gasteiger charge is -2.09. The minimum Gasteiger partial charge on any atom is -0.319 e. The molecule has 0 heterocycles. The lowest BCUT2D eigenvalue weighted by Crippen LogP contribution is -2.17. The summed E-state index contributed by atoms with van der Waals surface area (Å²) in [5, 5.41) is 3.19. The van der Waals surface area contributed by atoms with E-state index in [1.807, 2.05) is 18.8 Å². The monoisotopic (exact) mass is 273 g/mol. The molecule has 0 saturated carbocycles. The Balaban J connectivity index is 2.37. The van der Waals surface area contributed by atoms with Crippen LogP contribution in [0.1, 0.15) is 6.92 Å². The van der Waals surface area contributed by atoms with Gasteiger partial charge >= 0.3 is 0 Å². The van der Waals surface area contributed by atoms with Crippen molar-refractivity contribution in [2.45, 2.75) is 11.8 Å². The molecule has 3 heteroatoms. The third-order valence-corrected chi connectivity index (χ3v) is 3.70. The van der Waals surface area contributed by atoms with Crippen molar-refractivity contribution in [2.24, 2.45) is 5.92 Å². The fourth-order valence-corrected chi connectivity index (χ4v) is 2.73. The first-order valence-electron chi connectivity index (χ1n) is 4.75. The number of hydrogen-bond acceptors (Lipinski definition) is 2. The summed E-state index contributed by atoms with van der Waals surface area (Å²) in [4.78, 5) is 1.34. The fraction of sp³-hybridized carbons (Fsp3) is 0.455. The van der Waals surface area contributed by atoms with Crippen molar-refractivity contribution in [1.82, 2.24) is 5.32 Å².